The number of carbonyl (C=O) groups excluding carboxylic acids is 2. The Bertz CT molecular complexity index is 862. The summed E-state index contributed by atoms with van der Waals surface area (Å²) in [6.45, 7) is 1.68. The molecule has 4 rings (SSSR count). The maximum Gasteiger partial charge on any atom is 0.289 e. The van der Waals surface area contributed by atoms with E-state index in [1.165, 1.54) is 17.0 Å². The first-order chi connectivity index (χ1) is 12.6. The molecule has 2 amide bonds. The number of carbonyl (C=O) groups is 2. The normalized spacial score (nSPS) is 17.4. The average Bonchev–Trinajstić information content (AvgIpc) is 3.37. The van der Waals surface area contributed by atoms with Crippen LogP contribution in [0, 0.1) is 0 Å². The Balaban J connectivity index is 1.36. The van der Waals surface area contributed by atoms with Crippen LogP contribution in [-0.2, 0) is 11.3 Å². The Kier molecular flexibility index (Phi) is 4.32. The quantitative estimate of drug-likeness (QED) is 0.804. The van der Waals surface area contributed by atoms with Gasteiger partial charge < -0.3 is 14.2 Å². The molecule has 0 spiro atoms. The molecule has 2 aliphatic rings. The lowest BCUT2D eigenvalue weighted by Crippen LogP contribution is -2.51. The molecule has 2 aromatic heterocycles. The number of nitrogens with zero attached hydrogens (tertiary/aromatic N) is 4. The summed E-state index contributed by atoms with van der Waals surface area (Å²) in [7, 11) is 0. The van der Waals surface area contributed by atoms with Crippen LogP contribution in [0.15, 0.2) is 39.7 Å². The van der Waals surface area contributed by atoms with Crippen LogP contribution in [0.2, 0.25) is 0 Å². The number of rotatable bonds is 4. The van der Waals surface area contributed by atoms with Crippen LogP contribution in [0.25, 0.3) is 0 Å². The molecule has 1 aliphatic carbocycles. The third kappa shape index (κ3) is 3.40. The van der Waals surface area contributed by atoms with Crippen molar-refractivity contribution in [3.63, 3.8) is 0 Å². The topological polar surface area (TPSA) is 88.7 Å². The minimum absolute atomic E-state index is 0.0640. The van der Waals surface area contributed by atoms with E-state index in [1.54, 1.807) is 28.0 Å². The van der Waals surface area contributed by atoms with Crippen molar-refractivity contribution in [1.29, 1.82) is 0 Å². The highest BCUT2D eigenvalue weighted by Gasteiger charge is 2.28. The van der Waals surface area contributed by atoms with E-state index < -0.39 is 0 Å². The molecule has 0 atom stereocenters. The Morgan fingerprint density at radius 2 is 1.81 bits per heavy atom. The molecule has 8 nitrogen and oxygen atoms in total. The first-order valence-electron chi connectivity index (χ1n) is 8.80. The molecule has 0 radical (unpaired) electrons. The van der Waals surface area contributed by atoms with Crippen LogP contribution < -0.4 is 5.56 Å². The summed E-state index contributed by atoms with van der Waals surface area (Å²) < 4.78 is 6.38. The monoisotopic (exact) mass is 356 g/mol. The zero-order valence-electron chi connectivity index (χ0n) is 14.3. The van der Waals surface area contributed by atoms with Crippen molar-refractivity contribution in [2.45, 2.75) is 25.3 Å². The number of hydrogen-bond donors (Lipinski definition) is 0. The van der Waals surface area contributed by atoms with E-state index in [0.29, 0.717) is 37.9 Å². The number of amides is 2. The summed E-state index contributed by atoms with van der Waals surface area (Å²) in [5.74, 6) is 0.403. The molecular formula is C18H20N4O4. The highest BCUT2D eigenvalue weighted by molar-refractivity contribution is 5.91. The molecule has 136 valence electrons. The fraction of sp³-hybridized carbons (Fsp3) is 0.444. The van der Waals surface area contributed by atoms with Gasteiger partial charge in [-0.25, -0.2) is 4.68 Å². The Labute approximate surface area is 150 Å². The van der Waals surface area contributed by atoms with Gasteiger partial charge in [-0.3, -0.25) is 14.4 Å². The van der Waals surface area contributed by atoms with E-state index in [2.05, 4.69) is 5.10 Å². The third-order valence-electron chi connectivity index (χ3n) is 4.82. The van der Waals surface area contributed by atoms with E-state index in [0.717, 1.165) is 18.5 Å². The molecular weight excluding hydrogens is 336 g/mol. The molecule has 2 fully saturated rings. The van der Waals surface area contributed by atoms with E-state index >= 15 is 0 Å². The summed E-state index contributed by atoms with van der Waals surface area (Å²) in [5.41, 5.74) is 0.612. The van der Waals surface area contributed by atoms with E-state index in [4.69, 9.17) is 4.42 Å². The molecule has 26 heavy (non-hydrogen) atoms. The molecule has 1 saturated heterocycles. The highest BCUT2D eigenvalue weighted by atomic mass is 16.3. The summed E-state index contributed by atoms with van der Waals surface area (Å²) in [5, 5.41) is 4.33. The zero-order chi connectivity index (χ0) is 18.1. The molecule has 8 heteroatoms. The van der Waals surface area contributed by atoms with E-state index in [1.807, 2.05) is 0 Å². The molecule has 1 saturated carbocycles. The minimum Gasteiger partial charge on any atom is -0.459 e. The van der Waals surface area contributed by atoms with Crippen LogP contribution in [0.5, 0.6) is 0 Å². The van der Waals surface area contributed by atoms with Crippen molar-refractivity contribution in [3.05, 3.63) is 52.3 Å². The first-order valence-corrected chi connectivity index (χ1v) is 8.80. The van der Waals surface area contributed by atoms with Crippen LogP contribution in [0.1, 0.15) is 35.0 Å². The van der Waals surface area contributed by atoms with Gasteiger partial charge in [0.25, 0.3) is 11.5 Å². The van der Waals surface area contributed by atoms with Crippen LogP contribution in [-0.4, -0.2) is 57.6 Å². The van der Waals surface area contributed by atoms with Gasteiger partial charge in [0.2, 0.25) is 5.91 Å². The molecule has 0 aromatic carbocycles. The fourth-order valence-corrected chi connectivity index (χ4v) is 3.12. The van der Waals surface area contributed by atoms with Gasteiger partial charge in [0.1, 0.15) is 6.54 Å². The number of hydrogen-bond acceptors (Lipinski definition) is 5. The van der Waals surface area contributed by atoms with Gasteiger partial charge in [-0.1, -0.05) is 0 Å². The number of piperazine rings is 1. The predicted octanol–water partition coefficient (Wildman–Crippen LogP) is 0.698. The van der Waals surface area contributed by atoms with Gasteiger partial charge in [0.15, 0.2) is 5.76 Å². The van der Waals surface area contributed by atoms with Gasteiger partial charge in [0.05, 0.1) is 12.0 Å². The molecule has 1 aliphatic heterocycles. The van der Waals surface area contributed by atoms with Crippen molar-refractivity contribution < 1.29 is 14.0 Å². The summed E-state index contributed by atoms with van der Waals surface area (Å²) >= 11 is 0. The van der Waals surface area contributed by atoms with Gasteiger partial charge >= 0.3 is 0 Å². The van der Waals surface area contributed by atoms with Crippen molar-refractivity contribution in [1.82, 2.24) is 19.6 Å². The summed E-state index contributed by atoms with van der Waals surface area (Å²) in [6, 6.07) is 6.53. The third-order valence-corrected chi connectivity index (χ3v) is 4.82. The summed E-state index contributed by atoms with van der Waals surface area (Å²) in [6.07, 6.45) is 3.64. The highest BCUT2D eigenvalue weighted by Crippen LogP contribution is 2.38. The minimum atomic E-state index is -0.269. The van der Waals surface area contributed by atoms with Gasteiger partial charge in [0, 0.05) is 38.2 Å². The molecule has 0 bridgehead atoms. The lowest BCUT2D eigenvalue weighted by molar-refractivity contribution is -0.133. The second-order valence-corrected chi connectivity index (χ2v) is 6.68. The lowest BCUT2D eigenvalue weighted by Gasteiger charge is -2.34. The fourth-order valence-electron chi connectivity index (χ4n) is 3.12. The van der Waals surface area contributed by atoms with E-state index in [9.17, 15) is 14.4 Å². The lowest BCUT2D eigenvalue weighted by atomic mass is 10.2. The van der Waals surface area contributed by atoms with Crippen molar-refractivity contribution in [2.24, 2.45) is 0 Å². The van der Waals surface area contributed by atoms with Crippen molar-refractivity contribution >= 4 is 11.8 Å². The molecule has 0 unspecified atom stereocenters. The van der Waals surface area contributed by atoms with Gasteiger partial charge in [-0.2, -0.15) is 5.10 Å². The molecule has 2 aromatic rings. The zero-order valence-corrected chi connectivity index (χ0v) is 14.3. The average molecular weight is 356 g/mol. The van der Waals surface area contributed by atoms with Crippen molar-refractivity contribution in [3.8, 4) is 0 Å². The summed E-state index contributed by atoms with van der Waals surface area (Å²) in [4.78, 5) is 40.1. The van der Waals surface area contributed by atoms with Gasteiger partial charge in [-0.05, 0) is 31.0 Å². The Hall–Kier alpha value is -2.90. The van der Waals surface area contributed by atoms with Crippen LogP contribution >= 0.6 is 0 Å². The largest absolute Gasteiger partial charge is 0.459 e. The van der Waals surface area contributed by atoms with Crippen LogP contribution in [0.3, 0.4) is 0 Å². The number of furan rings is 1. The molecule has 0 N–H and O–H groups in total. The maximum absolute atomic E-state index is 12.5. The maximum atomic E-state index is 12.5. The Morgan fingerprint density at radius 1 is 1.08 bits per heavy atom. The Morgan fingerprint density at radius 3 is 2.46 bits per heavy atom. The van der Waals surface area contributed by atoms with Crippen LogP contribution in [0.4, 0.5) is 0 Å². The first kappa shape index (κ1) is 16.6. The second-order valence-electron chi connectivity index (χ2n) is 6.68. The smallest absolute Gasteiger partial charge is 0.289 e. The predicted molar refractivity (Wildman–Crippen MR) is 91.7 cm³/mol. The van der Waals surface area contributed by atoms with Gasteiger partial charge in [-0.15, -0.1) is 0 Å². The van der Waals surface area contributed by atoms with Crippen molar-refractivity contribution in [2.75, 3.05) is 26.2 Å². The number of aromatic nitrogens is 2. The standard InChI is InChI=1S/C18H20N4O4/c23-16-6-5-14(13-3-4-13)19-22(16)12-17(24)20-7-9-21(10-8-20)18(25)15-2-1-11-26-15/h1-2,5-6,11,13H,3-4,7-10,12H2. The van der Waals surface area contributed by atoms with E-state index in [-0.39, 0.29) is 23.9 Å². The second kappa shape index (κ2) is 6.78. The molecule has 3 heterocycles. The SMILES string of the molecule is O=C(Cn1nc(C2CC2)ccc1=O)N1CCN(C(=O)c2ccco2)CC1.